The summed E-state index contributed by atoms with van der Waals surface area (Å²) in [4.78, 5) is 6.77. The molecule has 2 N–H and O–H groups in total. The van der Waals surface area contributed by atoms with Crippen molar-refractivity contribution < 1.29 is 9.84 Å². The van der Waals surface area contributed by atoms with Crippen molar-refractivity contribution in [2.24, 2.45) is 4.99 Å². The fourth-order valence-electron chi connectivity index (χ4n) is 2.39. The highest BCUT2D eigenvalue weighted by atomic mass is 79.9. The van der Waals surface area contributed by atoms with Gasteiger partial charge in [0.05, 0.1) is 19.8 Å². The summed E-state index contributed by atoms with van der Waals surface area (Å²) in [7, 11) is 1.67. The molecule has 21 heavy (non-hydrogen) atoms. The zero-order chi connectivity index (χ0) is 15.2. The average molecular weight is 356 g/mol. The standard InChI is InChI=1S/C15H22BrN3O2/c1-3-17-15(19-7-6-13(20)10-19)18-9-11-8-12(16)4-5-14(11)21-2/h4-5,8,13,20H,3,6-7,9-10H2,1-2H3,(H,17,18)/t13-/m1/s1. The van der Waals surface area contributed by atoms with E-state index in [4.69, 9.17) is 4.74 Å². The van der Waals surface area contributed by atoms with Crippen LogP contribution in [0.25, 0.3) is 0 Å². The van der Waals surface area contributed by atoms with Crippen molar-refractivity contribution in [3.05, 3.63) is 28.2 Å². The van der Waals surface area contributed by atoms with Gasteiger partial charge in [0.1, 0.15) is 5.75 Å². The third-order valence-corrected chi connectivity index (χ3v) is 3.93. The van der Waals surface area contributed by atoms with E-state index in [1.54, 1.807) is 7.11 Å². The smallest absolute Gasteiger partial charge is 0.194 e. The fourth-order valence-corrected chi connectivity index (χ4v) is 2.80. The number of benzene rings is 1. The van der Waals surface area contributed by atoms with E-state index in [2.05, 4.69) is 31.1 Å². The first-order valence-electron chi connectivity index (χ1n) is 7.17. The molecule has 116 valence electrons. The van der Waals surface area contributed by atoms with Crippen LogP contribution >= 0.6 is 15.9 Å². The van der Waals surface area contributed by atoms with Gasteiger partial charge in [0.2, 0.25) is 0 Å². The summed E-state index contributed by atoms with van der Waals surface area (Å²) in [6, 6.07) is 5.90. The molecule has 0 aliphatic carbocycles. The van der Waals surface area contributed by atoms with Crippen molar-refractivity contribution in [2.75, 3.05) is 26.7 Å². The summed E-state index contributed by atoms with van der Waals surface area (Å²) in [5.74, 6) is 1.68. The highest BCUT2D eigenvalue weighted by molar-refractivity contribution is 9.10. The van der Waals surface area contributed by atoms with Crippen molar-refractivity contribution in [3.63, 3.8) is 0 Å². The van der Waals surface area contributed by atoms with E-state index in [-0.39, 0.29) is 6.10 Å². The maximum absolute atomic E-state index is 9.67. The van der Waals surface area contributed by atoms with Gasteiger partial charge < -0.3 is 20.1 Å². The molecule has 2 rings (SSSR count). The SMILES string of the molecule is CCNC(=NCc1cc(Br)ccc1OC)N1CC[C@@H](O)C1. The lowest BCUT2D eigenvalue weighted by molar-refractivity contribution is 0.188. The van der Waals surface area contributed by atoms with Crippen LogP contribution in [0.15, 0.2) is 27.7 Å². The van der Waals surface area contributed by atoms with Crippen LogP contribution in [0.2, 0.25) is 0 Å². The number of likely N-dealkylation sites (tertiary alicyclic amines) is 1. The quantitative estimate of drug-likeness (QED) is 0.640. The van der Waals surface area contributed by atoms with Gasteiger partial charge in [0.15, 0.2) is 5.96 Å². The Balaban J connectivity index is 2.14. The Morgan fingerprint density at radius 3 is 3.00 bits per heavy atom. The Kier molecular flexibility index (Phi) is 5.87. The molecule has 0 saturated carbocycles. The highest BCUT2D eigenvalue weighted by Gasteiger charge is 2.22. The molecule has 0 bridgehead atoms. The minimum atomic E-state index is -0.255. The number of nitrogens with one attached hydrogen (secondary N) is 1. The van der Waals surface area contributed by atoms with Gasteiger partial charge in [-0.3, -0.25) is 0 Å². The lowest BCUT2D eigenvalue weighted by Crippen LogP contribution is -2.40. The van der Waals surface area contributed by atoms with Gasteiger partial charge in [0, 0.05) is 29.7 Å². The predicted molar refractivity (Wildman–Crippen MR) is 87.7 cm³/mol. The van der Waals surface area contributed by atoms with Crippen LogP contribution in [0, 0.1) is 0 Å². The Labute approximate surface area is 134 Å². The van der Waals surface area contributed by atoms with Gasteiger partial charge in [-0.15, -0.1) is 0 Å². The van der Waals surface area contributed by atoms with Gasteiger partial charge in [0.25, 0.3) is 0 Å². The molecule has 1 atom stereocenters. The number of halogens is 1. The molecule has 1 fully saturated rings. The second-order valence-corrected chi connectivity index (χ2v) is 5.93. The van der Waals surface area contributed by atoms with Crippen LogP contribution in [0.5, 0.6) is 5.75 Å². The zero-order valence-corrected chi connectivity index (χ0v) is 14.1. The van der Waals surface area contributed by atoms with Gasteiger partial charge in [-0.05, 0) is 31.5 Å². The molecule has 0 unspecified atom stereocenters. The number of ether oxygens (including phenoxy) is 1. The number of aliphatic imine (C=N–C) groups is 1. The lowest BCUT2D eigenvalue weighted by atomic mass is 10.2. The number of aliphatic hydroxyl groups is 1. The molecule has 6 heteroatoms. The molecule has 0 spiro atoms. The zero-order valence-electron chi connectivity index (χ0n) is 12.5. The van der Waals surface area contributed by atoms with Crippen LogP contribution in [0.4, 0.5) is 0 Å². The van der Waals surface area contributed by atoms with Gasteiger partial charge in [-0.25, -0.2) is 4.99 Å². The molecule has 1 aromatic rings. The Morgan fingerprint density at radius 2 is 2.38 bits per heavy atom. The molecule has 0 amide bonds. The van der Waals surface area contributed by atoms with E-state index in [1.807, 2.05) is 25.1 Å². The van der Waals surface area contributed by atoms with Crippen molar-refractivity contribution in [1.82, 2.24) is 10.2 Å². The number of β-amino-alcohol motifs (C(OH)–C–C–N with tert-alkyl or cyclic N) is 1. The molecule has 1 saturated heterocycles. The molecule has 1 heterocycles. The highest BCUT2D eigenvalue weighted by Crippen LogP contribution is 2.23. The minimum absolute atomic E-state index is 0.255. The second-order valence-electron chi connectivity index (χ2n) is 5.01. The number of hydrogen-bond donors (Lipinski definition) is 2. The monoisotopic (exact) mass is 355 g/mol. The summed E-state index contributed by atoms with van der Waals surface area (Å²) in [6.45, 7) is 4.87. The molecular formula is C15H22BrN3O2. The molecule has 5 nitrogen and oxygen atoms in total. The van der Waals surface area contributed by atoms with Gasteiger partial charge >= 0.3 is 0 Å². The third-order valence-electron chi connectivity index (χ3n) is 3.44. The first kappa shape index (κ1) is 16.1. The Hall–Kier alpha value is -1.27. The van der Waals surface area contributed by atoms with Crippen LogP contribution in [-0.4, -0.2) is 48.8 Å². The normalized spacial score (nSPS) is 19.0. The van der Waals surface area contributed by atoms with E-state index in [0.29, 0.717) is 13.1 Å². The molecule has 1 aliphatic rings. The van der Waals surface area contributed by atoms with E-state index >= 15 is 0 Å². The molecule has 1 aromatic carbocycles. The molecule has 0 aromatic heterocycles. The van der Waals surface area contributed by atoms with Crippen molar-refractivity contribution in [1.29, 1.82) is 0 Å². The number of nitrogens with zero attached hydrogens (tertiary/aromatic N) is 2. The average Bonchev–Trinajstić information content (AvgIpc) is 2.90. The largest absolute Gasteiger partial charge is 0.496 e. The number of rotatable bonds is 4. The number of aliphatic hydroxyl groups excluding tert-OH is 1. The van der Waals surface area contributed by atoms with E-state index in [0.717, 1.165) is 41.3 Å². The fraction of sp³-hybridized carbons (Fsp3) is 0.533. The summed E-state index contributed by atoms with van der Waals surface area (Å²) in [5, 5.41) is 12.9. The van der Waals surface area contributed by atoms with Crippen LogP contribution in [0.1, 0.15) is 18.9 Å². The lowest BCUT2D eigenvalue weighted by Gasteiger charge is -2.21. The maximum Gasteiger partial charge on any atom is 0.194 e. The van der Waals surface area contributed by atoms with Crippen molar-refractivity contribution in [3.8, 4) is 5.75 Å². The van der Waals surface area contributed by atoms with Crippen LogP contribution in [-0.2, 0) is 6.54 Å². The van der Waals surface area contributed by atoms with E-state index in [9.17, 15) is 5.11 Å². The Morgan fingerprint density at radius 1 is 1.57 bits per heavy atom. The third kappa shape index (κ3) is 4.35. The topological polar surface area (TPSA) is 57.1 Å². The molecular weight excluding hydrogens is 334 g/mol. The van der Waals surface area contributed by atoms with E-state index in [1.165, 1.54) is 0 Å². The summed E-state index contributed by atoms with van der Waals surface area (Å²) < 4.78 is 6.38. The van der Waals surface area contributed by atoms with Gasteiger partial charge in [-0.2, -0.15) is 0 Å². The molecule has 1 aliphatic heterocycles. The number of hydrogen-bond acceptors (Lipinski definition) is 3. The first-order valence-corrected chi connectivity index (χ1v) is 7.97. The summed E-state index contributed by atoms with van der Waals surface area (Å²) in [5.41, 5.74) is 1.03. The number of methoxy groups -OCH3 is 1. The summed E-state index contributed by atoms with van der Waals surface area (Å²) >= 11 is 3.47. The van der Waals surface area contributed by atoms with Crippen molar-refractivity contribution >= 4 is 21.9 Å². The number of guanidine groups is 1. The summed E-state index contributed by atoms with van der Waals surface area (Å²) in [6.07, 6.45) is 0.541. The van der Waals surface area contributed by atoms with Crippen molar-refractivity contribution in [2.45, 2.75) is 26.0 Å². The Bertz CT molecular complexity index is 508. The van der Waals surface area contributed by atoms with Crippen LogP contribution < -0.4 is 10.1 Å². The predicted octanol–water partition coefficient (Wildman–Crippen LogP) is 1.99. The van der Waals surface area contributed by atoms with E-state index < -0.39 is 0 Å². The van der Waals surface area contributed by atoms with Crippen LogP contribution in [0.3, 0.4) is 0 Å². The maximum atomic E-state index is 9.67. The van der Waals surface area contributed by atoms with Gasteiger partial charge in [-0.1, -0.05) is 15.9 Å². The minimum Gasteiger partial charge on any atom is -0.496 e. The first-order chi connectivity index (χ1) is 10.1. The second kappa shape index (κ2) is 7.66. The molecule has 0 radical (unpaired) electrons.